The van der Waals surface area contributed by atoms with Crippen molar-refractivity contribution in [1.82, 2.24) is 10.6 Å². The SMILES string of the molecule is CCCc1ccc([C@@H](N[C@H](C)C(=O)NCC)c2cccs2)cc1. The van der Waals surface area contributed by atoms with Crippen molar-refractivity contribution in [3.05, 3.63) is 57.8 Å². The van der Waals surface area contributed by atoms with Gasteiger partial charge in [0, 0.05) is 11.4 Å². The van der Waals surface area contributed by atoms with Crippen LogP contribution in [0.5, 0.6) is 0 Å². The molecule has 0 aliphatic heterocycles. The van der Waals surface area contributed by atoms with Crippen molar-refractivity contribution in [2.45, 2.75) is 45.7 Å². The van der Waals surface area contributed by atoms with Gasteiger partial charge in [0.25, 0.3) is 0 Å². The van der Waals surface area contributed by atoms with Crippen LogP contribution >= 0.6 is 11.3 Å². The highest BCUT2D eigenvalue weighted by Crippen LogP contribution is 2.27. The molecule has 124 valence electrons. The van der Waals surface area contributed by atoms with Crippen LogP contribution in [0.4, 0.5) is 0 Å². The molecule has 0 saturated heterocycles. The van der Waals surface area contributed by atoms with Gasteiger partial charge < -0.3 is 5.32 Å². The van der Waals surface area contributed by atoms with Crippen molar-refractivity contribution >= 4 is 17.2 Å². The molecule has 23 heavy (non-hydrogen) atoms. The van der Waals surface area contributed by atoms with Gasteiger partial charge in [0.2, 0.25) is 5.91 Å². The van der Waals surface area contributed by atoms with Crippen LogP contribution in [0.2, 0.25) is 0 Å². The Hall–Kier alpha value is -1.65. The smallest absolute Gasteiger partial charge is 0.236 e. The van der Waals surface area contributed by atoms with Crippen LogP contribution in [-0.2, 0) is 11.2 Å². The van der Waals surface area contributed by atoms with E-state index in [9.17, 15) is 4.79 Å². The number of hydrogen-bond acceptors (Lipinski definition) is 3. The maximum absolute atomic E-state index is 12.0. The zero-order chi connectivity index (χ0) is 16.7. The van der Waals surface area contributed by atoms with E-state index in [2.05, 4.69) is 59.3 Å². The molecule has 1 aromatic carbocycles. The minimum absolute atomic E-state index is 0.0386. The third-order valence-electron chi connectivity index (χ3n) is 3.84. The van der Waals surface area contributed by atoms with Gasteiger partial charge in [0.15, 0.2) is 0 Å². The van der Waals surface area contributed by atoms with E-state index in [-0.39, 0.29) is 18.0 Å². The van der Waals surface area contributed by atoms with Gasteiger partial charge >= 0.3 is 0 Å². The molecule has 2 atom stereocenters. The number of thiophene rings is 1. The Morgan fingerprint density at radius 2 is 1.91 bits per heavy atom. The van der Waals surface area contributed by atoms with Crippen molar-refractivity contribution in [2.75, 3.05) is 6.54 Å². The lowest BCUT2D eigenvalue weighted by Gasteiger charge is -2.22. The Morgan fingerprint density at radius 1 is 1.17 bits per heavy atom. The van der Waals surface area contributed by atoms with Gasteiger partial charge in [-0.25, -0.2) is 0 Å². The van der Waals surface area contributed by atoms with Gasteiger partial charge in [-0.15, -0.1) is 11.3 Å². The van der Waals surface area contributed by atoms with Crippen molar-refractivity contribution in [1.29, 1.82) is 0 Å². The van der Waals surface area contributed by atoms with Crippen molar-refractivity contribution < 1.29 is 4.79 Å². The molecule has 0 unspecified atom stereocenters. The second-order valence-electron chi connectivity index (χ2n) is 5.72. The van der Waals surface area contributed by atoms with Gasteiger partial charge in [0.1, 0.15) is 0 Å². The number of carbonyl (C=O) groups is 1. The molecule has 0 fully saturated rings. The van der Waals surface area contributed by atoms with E-state index in [1.807, 2.05) is 13.8 Å². The minimum Gasteiger partial charge on any atom is -0.355 e. The molecule has 1 amide bonds. The van der Waals surface area contributed by atoms with Crippen LogP contribution in [0.25, 0.3) is 0 Å². The summed E-state index contributed by atoms with van der Waals surface area (Å²) in [6.45, 7) is 6.70. The molecular weight excluding hydrogens is 304 g/mol. The third-order valence-corrected chi connectivity index (χ3v) is 4.78. The van der Waals surface area contributed by atoms with E-state index in [0.717, 1.165) is 12.8 Å². The van der Waals surface area contributed by atoms with E-state index in [1.54, 1.807) is 11.3 Å². The molecule has 0 saturated carbocycles. The third kappa shape index (κ3) is 4.91. The second-order valence-corrected chi connectivity index (χ2v) is 6.70. The fraction of sp³-hybridized carbons (Fsp3) is 0.421. The number of aryl methyl sites for hydroxylation is 1. The van der Waals surface area contributed by atoms with E-state index >= 15 is 0 Å². The van der Waals surface area contributed by atoms with E-state index in [4.69, 9.17) is 0 Å². The maximum Gasteiger partial charge on any atom is 0.236 e. The lowest BCUT2D eigenvalue weighted by atomic mass is 10.0. The highest BCUT2D eigenvalue weighted by molar-refractivity contribution is 7.10. The van der Waals surface area contributed by atoms with E-state index < -0.39 is 0 Å². The average Bonchev–Trinajstić information content (AvgIpc) is 3.08. The van der Waals surface area contributed by atoms with E-state index in [0.29, 0.717) is 6.54 Å². The first-order valence-electron chi connectivity index (χ1n) is 8.31. The topological polar surface area (TPSA) is 41.1 Å². The number of nitrogens with one attached hydrogen (secondary N) is 2. The summed E-state index contributed by atoms with van der Waals surface area (Å²) in [6, 6.07) is 12.7. The summed E-state index contributed by atoms with van der Waals surface area (Å²) in [5.74, 6) is 0.0386. The van der Waals surface area contributed by atoms with Crippen LogP contribution in [0.15, 0.2) is 41.8 Å². The molecule has 0 aliphatic carbocycles. The van der Waals surface area contributed by atoms with Gasteiger partial charge in [-0.3, -0.25) is 10.1 Å². The fourth-order valence-electron chi connectivity index (χ4n) is 2.62. The lowest BCUT2D eigenvalue weighted by Crippen LogP contribution is -2.43. The van der Waals surface area contributed by atoms with Crippen molar-refractivity contribution in [2.24, 2.45) is 0 Å². The predicted octanol–water partition coefficient (Wildman–Crippen LogP) is 3.90. The van der Waals surface area contributed by atoms with Crippen molar-refractivity contribution in [3.8, 4) is 0 Å². The Labute approximate surface area is 143 Å². The van der Waals surface area contributed by atoms with Crippen LogP contribution in [0.1, 0.15) is 49.2 Å². The fourth-order valence-corrected chi connectivity index (χ4v) is 3.43. The zero-order valence-corrected chi connectivity index (χ0v) is 15.0. The van der Waals surface area contributed by atoms with Gasteiger partial charge in [-0.2, -0.15) is 0 Å². The normalized spacial score (nSPS) is 13.5. The van der Waals surface area contributed by atoms with E-state index in [1.165, 1.54) is 16.0 Å². The molecule has 3 nitrogen and oxygen atoms in total. The summed E-state index contributed by atoms with van der Waals surface area (Å²) in [5, 5.41) is 8.42. The molecule has 4 heteroatoms. The van der Waals surface area contributed by atoms with Crippen LogP contribution in [0.3, 0.4) is 0 Å². The average molecular weight is 330 g/mol. The number of amides is 1. The highest BCUT2D eigenvalue weighted by atomic mass is 32.1. The van der Waals surface area contributed by atoms with Crippen LogP contribution < -0.4 is 10.6 Å². The number of hydrogen-bond donors (Lipinski definition) is 2. The van der Waals surface area contributed by atoms with Gasteiger partial charge in [0.05, 0.1) is 12.1 Å². The molecule has 0 aliphatic rings. The van der Waals surface area contributed by atoms with Crippen molar-refractivity contribution in [3.63, 3.8) is 0 Å². The summed E-state index contributed by atoms with van der Waals surface area (Å²) in [7, 11) is 0. The Morgan fingerprint density at radius 3 is 2.48 bits per heavy atom. The standard InChI is InChI=1S/C19H26N2OS/c1-4-7-15-9-11-16(12-10-15)18(17-8-6-13-23-17)21-14(3)19(22)20-5-2/h6,8-14,18,21H,4-5,7H2,1-3H3,(H,20,22)/t14-,18-/m1/s1. The Bertz CT molecular complexity index is 592. The molecule has 0 radical (unpaired) electrons. The molecule has 1 aromatic heterocycles. The zero-order valence-electron chi connectivity index (χ0n) is 14.1. The Balaban J connectivity index is 2.19. The summed E-state index contributed by atoms with van der Waals surface area (Å²) in [5.41, 5.74) is 2.56. The maximum atomic E-state index is 12.0. The molecule has 1 heterocycles. The van der Waals surface area contributed by atoms with Gasteiger partial charge in [-0.05, 0) is 42.8 Å². The largest absolute Gasteiger partial charge is 0.355 e. The predicted molar refractivity (Wildman–Crippen MR) is 97.9 cm³/mol. The monoisotopic (exact) mass is 330 g/mol. The number of carbonyl (C=O) groups excluding carboxylic acids is 1. The minimum atomic E-state index is -0.239. The first-order valence-corrected chi connectivity index (χ1v) is 9.19. The molecule has 2 aromatic rings. The summed E-state index contributed by atoms with van der Waals surface area (Å²) >= 11 is 1.71. The molecule has 0 bridgehead atoms. The van der Waals surface area contributed by atoms with Gasteiger partial charge in [-0.1, -0.05) is 43.7 Å². The molecule has 2 rings (SSSR count). The number of likely N-dealkylation sites (N-methyl/N-ethyl adjacent to an activating group) is 1. The highest BCUT2D eigenvalue weighted by Gasteiger charge is 2.21. The Kier molecular flexibility index (Phi) is 6.81. The quantitative estimate of drug-likeness (QED) is 0.770. The number of rotatable bonds is 8. The summed E-state index contributed by atoms with van der Waals surface area (Å²) in [4.78, 5) is 13.3. The second kappa shape index (κ2) is 8.85. The first kappa shape index (κ1) is 17.7. The lowest BCUT2D eigenvalue weighted by molar-refractivity contribution is -0.122. The van der Waals surface area contributed by atoms with Crippen LogP contribution in [-0.4, -0.2) is 18.5 Å². The van der Waals surface area contributed by atoms with Crippen LogP contribution in [0, 0.1) is 0 Å². The summed E-state index contributed by atoms with van der Waals surface area (Å²) in [6.07, 6.45) is 2.26. The molecule has 2 N–H and O–H groups in total. The molecular formula is C19H26N2OS. The number of benzene rings is 1. The first-order chi connectivity index (χ1) is 11.2. The molecule has 0 spiro atoms. The summed E-state index contributed by atoms with van der Waals surface area (Å²) < 4.78 is 0.